The number of nitro groups is 1. The molecule has 0 spiro atoms. The average molecular weight is 372 g/mol. The van der Waals surface area contributed by atoms with E-state index in [9.17, 15) is 14.9 Å². The largest absolute Gasteiger partial charge is 0.384 e. The molecule has 1 aromatic carbocycles. The van der Waals surface area contributed by atoms with Gasteiger partial charge in [0.05, 0.1) is 11.5 Å². The number of benzene rings is 1. The summed E-state index contributed by atoms with van der Waals surface area (Å²) in [5.41, 5.74) is 0.870. The number of halogens is 1. The number of aryl methyl sites for hydroxylation is 1. The van der Waals surface area contributed by atoms with Crippen LogP contribution in [0.1, 0.15) is 35.7 Å². The first kappa shape index (κ1) is 21.3. The molecule has 0 saturated carbocycles. The van der Waals surface area contributed by atoms with Crippen LogP contribution in [0.4, 0.5) is 5.69 Å². The van der Waals surface area contributed by atoms with Crippen molar-refractivity contribution in [3.8, 4) is 0 Å². The van der Waals surface area contributed by atoms with Gasteiger partial charge in [0.25, 0.3) is 11.6 Å². The molecule has 1 aliphatic heterocycles. The number of ether oxygens (including phenoxy) is 1. The second-order valence-electron chi connectivity index (χ2n) is 6.32. The van der Waals surface area contributed by atoms with E-state index in [-0.39, 0.29) is 29.4 Å². The van der Waals surface area contributed by atoms with E-state index in [0.29, 0.717) is 30.7 Å². The lowest BCUT2D eigenvalue weighted by molar-refractivity contribution is -0.385. The van der Waals surface area contributed by atoms with E-state index in [1.165, 1.54) is 6.07 Å². The Morgan fingerprint density at radius 1 is 1.40 bits per heavy atom. The molecule has 8 heteroatoms. The Bertz CT molecular complexity index is 598. The highest BCUT2D eigenvalue weighted by atomic mass is 35.5. The molecule has 140 valence electrons. The summed E-state index contributed by atoms with van der Waals surface area (Å²) < 4.78 is 5.34. The van der Waals surface area contributed by atoms with Crippen molar-refractivity contribution in [3.05, 3.63) is 39.4 Å². The second kappa shape index (κ2) is 9.70. The lowest BCUT2D eigenvalue weighted by Crippen LogP contribution is -2.47. The smallest absolute Gasteiger partial charge is 0.273 e. The topological polar surface area (TPSA) is 93.5 Å². The third kappa shape index (κ3) is 5.39. The molecule has 2 rings (SSSR count). The summed E-state index contributed by atoms with van der Waals surface area (Å²) in [5.74, 6) is -0.283. The van der Waals surface area contributed by atoms with E-state index in [0.717, 1.165) is 25.9 Å². The standard InChI is InChI=1S/C17H25N3O4.ClH/c1-3-13-4-5-14(10-15(13)20(22)23)16(21)19-11-17(12-24-2)6-8-18-9-7-17;/h4-5,10,18H,3,6-9,11-12H2,1-2H3,(H,19,21);1H. The first-order valence-electron chi connectivity index (χ1n) is 8.26. The molecule has 0 aliphatic carbocycles. The molecule has 25 heavy (non-hydrogen) atoms. The highest BCUT2D eigenvalue weighted by Gasteiger charge is 2.32. The van der Waals surface area contributed by atoms with Crippen molar-refractivity contribution in [1.29, 1.82) is 0 Å². The fourth-order valence-corrected chi connectivity index (χ4v) is 3.18. The van der Waals surface area contributed by atoms with Gasteiger partial charge in [0, 0.05) is 36.3 Å². The summed E-state index contributed by atoms with van der Waals surface area (Å²) in [6.45, 7) is 4.74. The number of rotatable bonds is 7. The van der Waals surface area contributed by atoms with E-state index in [1.807, 2.05) is 6.92 Å². The van der Waals surface area contributed by atoms with E-state index >= 15 is 0 Å². The second-order valence-corrected chi connectivity index (χ2v) is 6.32. The van der Waals surface area contributed by atoms with Crippen molar-refractivity contribution in [2.75, 3.05) is 33.4 Å². The van der Waals surface area contributed by atoms with Crippen LogP contribution in [0.5, 0.6) is 0 Å². The molecule has 2 N–H and O–H groups in total. The van der Waals surface area contributed by atoms with Crippen LogP contribution < -0.4 is 10.6 Å². The minimum absolute atomic E-state index is 0. The first-order valence-corrected chi connectivity index (χ1v) is 8.26. The summed E-state index contributed by atoms with van der Waals surface area (Å²) in [6, 6.07) is 4.66. The van der Waals surface area contributed by atoms with E-state index in [2.05, 4.69) is 10.6 Å². The third-order valence-electron chi connectivity index (χ3n) is 4.66. The molecular formula is C17H26ClN3O4. The summed E-state index contributed by atoms with van der Waals surface area (Å²) in [6.07, 6.45) is 2.41. The Labute approximate surface area is 154 Å². The zero-order chi connectivity index (χ0) is 17.6. The van der Waals surface area contributed by atoms with Gasteiger partial charge < -0.3 is 15.4 Å². The number of nitro benzene ring substituents is 1. The maximum absolute atomic E-state index is 12.4. The molecule has 7 nitrogen and oxygen atoms in total. The van der Waals surface area contributed by atoms with E-state index in [1.54, 1.807) is 19.2 Å². The Hall–Kier alpha value is -1.70. The number of hydrogen-bond acceptors (Lipinski definition) is 5. The fraction of sp³-hybridized carbons (Fsp3) is 0.588. The van der Waals surface area contributed by atoms with Crippen molar-refractivity contribution < 1.29 is 14.5 Å². The molecule has 1 aliphatic rings. The minimum atomic E-state index is -0.436. The van der Waals surface area contributed by atoms with Crippen molar-refractivity contribution >= 4 is 24.0 Å². The van der Waals surface area contributed by atoms with Gasteiger partial charge in [-0.05, 0) is 38.4 Å². The minimum Gasteiger partial charge on any atom is -0.384 e. The number of amides is 1. The molecule has 1 fully saturated rings. The van der Waals surface area contributed by atoms with Crippen LogP contribution in [0.2, 0.25) is 0 Å². The normalized spacial score (nSPS) is 15.9. The van der Waals surface area contributed by atoms with Gasteiger partial charge in [0.1, 0.15) is 0 Å². The van der Waals surface area contributed by atoms with Crippen molar-refractivity contribution in [3.63, 3.8) is 0 Å². The maximum atomic E-state index is 12.4. The Morgan fingerprint density at radius 3 is 2.64 bits per heavy atom. The van der Waals surface area contributed by atoms with Crippen LogP contribution in [0.15, 0.2) is 18.2 Å². The summed E-state index contributed by atoms with van der Waals surface area (Å²) >= 11 is 0. The summed E-state index contributed by atoms with van der Waals surface area (Å²) in [4.78, 5) is 23.1. The van der Waals surface area contributed by atoms with Crippen LogP contribution in [0.25, 0.3) is 0 Å². The van der Waals surface area contributed by atoms with Crippen molar-refractivity contribution in [2.24, 2.45) is 5.41 Å². The van der Waals surface area contributed by atoms with Gasteiger partial charge >= 0.3 is 0 Å². The molecule has 0 unspecified atom stereocenters. The zero-order valence-electron chi connectivity index (χ0n) is 14.7. The van der Waals surface area contributed by atoms with Gasteiger partial charge in [-0.3, -0.25) is 14.9 Å². The highest BCUT2D eigenvalue weighted by molar-refractivity contribution is 5.95. The predicted octanol–water partition coefficient (Wildman–Crippen LogP) is 2.33. The lowest BCUT2D eigenvalue weighted by atomic mass is 9.79. The van der Waals surface area contributed by atoms with E-state index < -0.39 is 4.92 Å². The number of hydrogen-bond donors (Lipinski definition) is 2. The third-order valence-corrected chi connectivity index (χ3v) is 4.66. The first-order chi connectivity index (χ1) is 11.5. The quantitative estimate of drug-likeness (QED) is 0.566. The lowest BCUT2D eigenvalue weighted by Gasteiger charge is -2.37. The number of piperidine rings is 1. The number of carbonyl (C=O) groups is 1. The predicted molar refractivity (Wildman–Crippen MR) is 98.5 cm³/mol. The highest BCUT2D eigenvalue weighted by Crippen LogP contribution is 2.28. The number of methoxy groups -OCH3 is 1. The molecule has 0 atom stereocenters. The number of nitrogens with zero attached hydrogens (tertiary/aromatic N) is 1. The van der Waals surface area contributed by atoms with Gasteiger partial charge in [-0.2, -0.15) is 0 Å². The van der Waals surface area contributed by atoms with Gasteiger partial charge in [-0.25, -0.2) is 0 Å². The van der Waals surface area contributed by atoms with Crippen LogP contribution >= 0.6 is 12.4 Å². The van der Waals surface area contributed by atoms with Gasteiger partial charge in [-0.1, -0.05) is 13.0 Å². The molecular weight excluding hydrogens is 346 g/mol. The van der Waals surface area contributed by atoms with Crippen molar-refractivity contribution in [2.45, 2.75) is 26.2 Å². The Kier molecular flexibility index (Phi) is 8.28. The fourth-order valence-electron chi connectivity index (χ4n) is 3.18. The van der Waals surface area contributed by atoms with Crippen LogP contribution in [0.3, 0.4) is 0 Å². The van der Waals surface area contributed by atoms with Crippen LogP contribution in [0, 0.1) is 15.5 Å². The molecule has 1 saturated heterocycles. The number of nitrogens with one attached hydrogen (secondary N) is 2. The molecule has 0 radical (unpaired) electrons. The van der Waals surface area contributed by atoms with E-state index in [4.69, 9.17) is 4.74 Å². The maximum Gasteiger partial charge on any atom is 0.273 e. The zero-order valence-corrected chi connectivity index (χ0v) is 15.5. The average Bonchev–Trinajstić information content (AvgIpc) is 2.60. The monoisotopic (exact) mass is 371 g/mol. The number of carbonyl (C=O) groups excluding carboxylic acids is 1. The van der Waals surface area contributed by atoms with Crippen LogP contribution in [-0.2, 0) is 11.2 Å². The van der Waals surface area contributed by atoms with Gasteiger partial charge in [0.2, 0.25) is 0 Å². The molecule has 0 bridgehead atoms. The summed E-state index contributed by atoms with van der Waals surface area (Å²) in [7, 11) is 1.67. The van der Waals surface area contributed by atoms with Gasteiger partial charge in [-0.15, -0.1) is 12.4 Å². The molecule has 1 aromatic rings. The molecule has 1 heterocycles. The van der Waals surface area contributed by atoms with Crippen LogP contribution in [-0.4, -0.2) is 44.2 Å². The van der Waals surface area contributed by atoms with Gasteiger partial charge in [0.15, 0.2) is 0 Å². The Balaban J connectivity index is 0.00000312. The molecule has 1 amide bonds. The summed E-state index contributed by atoms with van der Waals surface area (Å²) in [5, 5.41) is 17.4. The SMILES string of the molecule is CCc1ccc(C(=O)NCC2(COC)CCNCC2)cc1[N+](=O)[O-].Cl. The molecule has 0 aromatic heterocycles. The Morgan fingerprint density at radius 2 is 2.08 bits per heavy atom. The van der Waals surface area contributed by atoms with Crippen molar-refractivity contribution in [1.82, 2.24) is 10.6 Å².